The van der Waals surface area contributed by atoms with Gasteiger partial charge in [0.1, 0.15) is 5.75 Å². The molecular weight excluding hydrogens is 265 g/mol. The number of hydrogen-bond donors (Lipinski definition) is 1. The third-order valence-electron chi connectivity index (χ3n) is 2.79. The fourth-order valence-electron chi connectivity index (χ4n) is 1.69. The van der Waals surface area contributed by atoms with Crippen molar-refractivity contribution in [2.24, 2.45) is 5.73 Å². The summed E-state index contributed by atoms with van der Waals surface area (Å²) in [7, 11) is 0. The van der Waals surface area contributed by atoms with E-state index in [1.54, 1.807) is 31.2 Å². The van der Waals surface area contributed by atoms with Gasteiger partial charge in [0.05, 0.1) is 5.02 Å². The average molecular weight is 280 g/mol. The maximum atomic E-state index is 13.9. The van der Waals surface area contributed by atoms with E-state index in [1.807, 2.05) is 13.0 Å². The molecule has 2 rings (SSSR count). The Bertz CT molecular complexity index is 599. The average Bonchev–Trinajstić information content (AvgIpc) is 2.34. The first kappa shape index (κ1) is 13.8. The second kappa shape index (κ2) is 5.59. The van der Waals surface area contributed by atoms with Crippen molar-refractivity contribution in [2.75, 3.05) is 0 Å². The summed E-state index contributed by atoms with van der Waals surface area (Å²) in [6.45, 7) is 3.72. The molecule has 100 valence electrons. The predicted molar refractivity (Wildman–Crippen MR) is 75.3 cm³/mol. The summed E-state index contributed by atoms with van der Waals surface area (Å²) in [5.41, 5.74) is 7.44. The second-order valence-corrected chi connectivity index (χ2v) is 4.92. The minimum atomic E-state index is -0.452. The molecule has 0 aromatic heterocycles. The molecule has 0 spiro atoms. The largest absolute Gasteiger partial charge is 0.453 e. The Kier molecular flexibility index (Phi) is 4.08. The number of aryl methyl sites for hydroxylation is 1. The van der Waals surface area contributed by atoms with E-state index < -0.39 is 5.82 Å². The molecule has 0 unspecified atom stereocenters. The Balaban J connectivity index is 2.28. The van der Waals surface area contributed by atoms with Crippen LogP contribution in [0.25, 0.3) is 0 Å². The summed E-state index contributed by atoms with van der Waals surface area (Å²) in [5.74, 6) is 0.112. The molecule has 0 heterocycles. The van der Waals surface area contributed by atoms with Gasteiger partial charge in [0, 0.05) is 6.04 Å². The maximum Gasteiger partial charge on any atom is 0.166 e. The molecule has 0 aliphatic carbocycles. The highest BCUT2D eigenvalue weighted by Crippen LogP contribution is 2.32. The van der Waals surface area contributed by atoms with E-state index in [-0.39, 0.29) is 11.8 Å². The lowest BCUT2D eigenvalue weighted by atomic mass is 10.1. The van der Waals surface area contributed by atoms with Crippen molar-refractivity contribution in [1.82, 2.24) is 0 Å². The van der Waals surface area contributed by atoms with Crippen molar-refractivity contribution in [3.05, 3.63) is 58.4 Å². The van der Waals surface area contributed by atoms with Gasteiger partial charge < -0.3 is 10.5 Å². The van der Waals surface area contributed by atoms with Crippen molar-refractivity contribution in [3.63, 3.8) is 0 Å². The highest BCUT2D eigenvalue weighted by Gasteiger charge is 2.10. The first-order valence-corrected chi connectivity index (χ1v) is 6.34. The van der Waals surface area contributed by atoms with Crippen LogP contribution in [0, 0.1) is 12.7 Å². The van der Waals surface area contributed by atoms with E-state index >= 15 is 0 Å². The van der Waals surface area contributed by atoms with Crippen LogP contribution in [0.5, 0.6) is 11.5 Å². The first-order valence-electron chi connectivity index (χ1n) is 5.96. The lowest BCUT2D eigenvalue weighted by Crippen LogP contribution is -2.05. The summed E-state index contributed by atoms with van der Waals surface area (Å²) in [6.07, 6.45) is 0. The standard InChI is InChI=1S/C15H15ClFNO/c1-9-3-5-14(12(16)7-9)19-15-6-4-11(10(2)18)8-13(15)17/h3-8,10H,18H2,1-2H3/t10-/m0/s1. The van der Waals surface area contributed by atoms with Gasteiger partial charge >= 0.3 is 0 Å². The van der Waals surface area contributed by atoms with E-state index in [0.717, 1.165) is 11.1 Å². The summed E-state index contributed by atoms with van der Waals surface area (Å²) in [4.78, 5) is 0. The van der Waals surface area contributed by atoms with Gasteiger partial charge in [-0.1, -0.05) is 23.7 Å². The fraction of sp³-hybridized carbons (Fsp3) is 0.200. The van der Waals surface area contributed by atoms with E-state index in [9.17, 15) is 4.39 Å². The van der Waals surface area contributed by atoms with Crippen LogP contribution in [0.1, 0.15) is 24.1 Å². The Labute approximate surface area is 117 Å². The van der Waals surface area contributed by atoms with Crippen molar-refractivity contribution >= 4 is 11.6 Å². The second-order valence-electron chi connectivity index (χ2n) is 4.51. The Hall–Kier alpha value is -1.58. The smallest absolute Gasteiger partial charge is 0.166 e. The van der Waals surface area contributed by atoms with Crippen molar-refractivity contribution in [3.8, 4) is 11.5 Å². The molecule has 0 aliphatic rings. The van der Waals surface area contributed by atoms with Crippen LogP contribution in [0.15, 0.2) is 36.4 Å². The van der Waals surface area contributed by atoms with Crippen LogP contribution in [-0.2, 0) is 0 Å². The lowest BCUT2D eigenvalue weighted by molar-refractivity contribution is 0.441. The molecule has 0 fully saturated rings. The molecule has 0 amide bonds. The topological polar surface area (TPSA) is 35.2 Å². The van der Waals surface area contributed by atoms with Gasteiger partial charge in [0.25, 0.3) is 0 Å². The van der Waals surface area contributed by atoms with Crippen LogP contribution in [0.3, 0.4) is 0 Å². The summed E-state index contributed by atoms with van der Waals surface area (Å²) in [6, 6.07) is 9.81. The van der Waals surface area contributed by atoms with Crippen molar-refractivity contribution in [2.45, 2.75) is 19.9 Å². The molecule has 0 bridgehead atoms. The lowest BCUT2D eigenvalue weighted by Gasteiger charge is -2.11. The molecule has 1 atom stereocenters. The molecule has 0 aliphatic heterocycles. The molecule has 2 nitrogen and oxygen atoms in total. The number of nitrogens with two attached hydrogens (primary N) is 1. The zero-order valence-corrected chi connectivity index (χ0v) is 11.5. The highest BCUT2D eigenvalue weighted by molar-refractivity contribution is 6.32. The third-order valence-corrected chi connectivity index (χ3v) is 3.08. The number of halogens is 2. The van der Waals surface area contributed by atoms with Crippen molar-refractivity contribution < 1.29 is 9.13 Å². The third kappa shape index (κ3) is 3.25. The molecule has 0 saturated heterocycles. The molecular formula is C15H15ClFNO. The van der Waals surface area contributed by atoms with Crippen LogP contribution < -0.4 is 10.5 Å². The quantitative estimate of drug-likeness (QED) is 0.891. The summed E-state index contributed by atoms with van der Waals surface area (Å²) >= 11 is 6.05. The van der Waals surface area contributed by atoms with Gasteiger partial charge in [0.15, 0.2) is 11.6 Å². The van der Waals surface area contributed by atoms with Crippen molar-refractivity contribution in [1.29, 1.82) is 0 Å². The van der Waals surface area contributed by atoms with E-state index in [1.165, 1.54) is 6.07 Å². The zero-order chi connectivity index (χ0) is 14.0. The molecule has 2 aromatic rings. The van der Waals surface area contributed by atoms with Gasteiger partial charge in [-0.15, -0.1) is 0 Å². The zero-order valence-electron chi connectivity index (χ0n) is 10.8. The molecule has 4 heteroatoms. The maximum absolute atomic E-state index is 13.9. The molecule has 19 heavy (non-hydrogen) atoms. The van der Waals surface area contributed by atoms with E-state index in [0.29, 0.717) is 10.8 Å². The Morgan fingerprint density at radius 2 is 1.84 bits per heavy atom. The summed E-state index contributed by atoms with van der Waals surface area (Å²) < 4.78 is 19.4. The SMILES string of the molecule is Cc1ccc(Oc2ccc([C@H](C)N)cc2F)c(Cl)c1. The van der Waals surface area contributed by atoms with E-state index in [2.05, 4.69) is 0 Å². The van der Waals surface area contributed by atoms with Gasteiger partial charge in [0.2, 0.25) is 0 Å². The minimum Gasteiger partial charge on any atom is -0.453 e. The Morgan fingerprint density at radius 1 is 1.16 bits per heavy atom. The van der Waals surface area contributed by atoms with Gasteiger partial charge in [-0.05, 0) is 49.2 Å². The molecule has 0 saturated carbocycles. The molecule has 2 aromatic carbocycles. The minimum absolute atomic E-state index is 0.134. The molecule has 2 N–H and O–H groups in total. The predicted octanol–water partition coefficient (Wildman–Crippen LogP) is 4.60. The van der Waals surface area contributed by atoms with Gasteiger partial charge in [-0.3, -0.25) is 0 Å². The number of hydrogen-bond acceptors (Lipinski definition) is 2. The molecule has 0 radical (unpaired) electrons. The van der Waals surface area contributed by atoms with Crippen LogP contribution in [0.4, 0.5) is 4.39 Å². The number of benzene rings is 2. The Morgan fingerprint density at radius 3 is 2.42 bits per heavy atom. The first-order chi connectivity index (χ1) is 8.97. The normalized spacial score (nSPS) is 12.3. The summed E-state index contributed by atoms with van der Waals surface area (Å²) in [5, 5.41) is 0.454. The van der Waals surface area contributed by atoms with Crippen LogP contribution in [-0.4, -0.2) is 0 Å². The fourth-order valence-corrected chi connectivity index (χ4v) is 1.96. The highest BCUT2D eigenvalue weighted by atomic mass is 35.5. The van der Waals surface area contributed by atoms with Gasteiger partial charge in [-0.2, -0.15) is 0 Å². The number of ether oxygens (including phenoxy) is 1. The van der Waals surface area contributed by atoms with Crippen LogP contribution in [0.2, 0.25) is 5.02 Å². The van der Waals surface area contributed by atoms with E-state index in [4.69, 9.17) is 22.1 Å². The van der Waals surface area contributed by atoms with Crippen LogP contribution >= 0.6 is 11.6 Å². The number of rotatable bonds is 3. The monoisotopic (exact) mass is 279 g/mol. The van der Waals surface area contributed by atoms with Gasteiger partial charge in [-0.25, -0.2) is 4.39 Å².